The Morgan fingerprint density at radius 1 is 1.28 bits per heavy atom. The summed E-state index contributed by atoms with van der Waals surface area (Å²) in [4.78, 5) is 12.3. The van der Waals surface area contributed by atoms with Crippen molar-refractivity contribution in [1.82, 2.24) is 0 Å². The number of benzene rings is 1. The number of halogens is 2. The van der Waals surface area contributed by atoms with E-state index in [4.69, 9.17) is 5.73 Å². The maximum absolute atomic E-state index is 13.5. The number of hydrogen-bond donors (Lipinski definition) is 1. The lowest BCUT2D eigenvalue weighted by molar-refractivity contribution is -0.127. The molecular formula is C14H17F2NO. The highest BCUT2D eigenvalue weighted by atomic mass is 19.2. The molecule has 1 aromatic rings. The number of nitrogens with two attached hydrogens (primary N) is 1. The average Bonchev–Trinajstić information content (AvgIpc) is 2.85. The lowest BCUT2D eigenvalue weighted by Crippen LogP contribution is -2.37. The van der Waals surface area contributed by atoms with E-state index in [-0.39, 0.29) is 17.8 Å². The van der Waals surface area contributed by atoms with Crippen LogP contribution >= 0.6 is 0 Å². The Morgan fingerprint density at radius 3 is 2.56 bits per heavy atom. The fourth-order valence-corrected chi connectivity index (χ4v) is 2.69. The Balaban J connectivity index is 2.18. The van der Waals surface area contributed by atoms with Gasteiger partial charge in [-0.3, -0.25) is 4.79 Å². The molecule has 0 amide bonds. The lowest BCUT2D eigenvalue weighted by atomic mass is 9.79. The number of hydrogen-bond acceptors (Lipinski definition) is 2. The molecule has 0 atom stereocenters. The van der Waals surface area contributed by atoms with Crippen LogP contribution in [0.5, 0.6) is 0 Å². The second-order valence-corrected chi connectivity index (χ2v) is 5.00. The normalized spacial score (nSPS) is 17.9. The molecule has 0 aromatic heterocycles. The SMILES string of the molecule is NCC1(C(=O)Cc2cccc(F)c2F)CCCC1. The summed E-state index contributed by atoms with van der Waals surface area (Å²) in [5.41, 5.74) is 5.31. The van der Waals surface area contributed by atoms with Gasteiger partial charge in [-0.2, -0.15) is 0 Å². The van der Waals surface area contributed by atoms with Crippen LogP contribution < -0.4 is 5.73 Å². The Hall–Kier alpha value is -1.29. The second-order valence-electron chi connectivity index (χ2n) is 5.00. The molecular weight excluding hydrogens is 236 g/mol. The van der Waals surface area contributed by atoms with Crippen molar-refractivity contribution in [3.8, 4) is 0 Å². The Morgan fingerprint density at radius 2 is 1.94 bits per heavy atom. The van der Waals surface area contributed by atoms with E-state index in [0.29, 0.717) is 6.54 Å². The Bertz CT molecular complexity index is 453. The predicted octanol–water partition coefficient (Wildman–Crippen LogP) is 2.60. The largest absolute Gasteiger partial charge is 0.329 e. The summed E-state index contributed by atoms with van der Waals surface area (Å²) < 4.78 is 26.6. The first-order valence-corrected chi connectivity index (χ1v) is 6.25. The molecule has 4 heteroatoms. The van der Waals surface area contributed by atoms with Crippen LogP contribution in [0.25, 0.3) is 0 Å². The fourth-order valence-electron chi connectivity index (χ4n) is 2.69. The number of ketones is 1. The first-order valence-electron chi connectivity index (χ1n) is 6.25. The van der Waals surface area contributed by atoms with Crippen molar-refractivity contribution in [3.05, 3.63) is 35.4 Å². The summed E-state index contributed by atoms with van der Waals surface area (Å²) in [6.07, 6.45) is 3.42. The van der Waals surface area contributed by atoms with Gasteiger partial charge in [0.2, 0.25) is 0 Å². The molecule has 1 fully saturated rings. The zero-order valence-corrected chi connectivity index (χ0v) is 10.2. The van der Waals surface area contributed by atoms with E-state index < -0.39 is 17.0 Å². The van der Waals surface area contributed by atoms with E-state index in [0.717, 1.165) is 31.7 Å². The van der Waals surface area contributed by atoms with Crippen molar-refractivity contribution in [3.63, 3.8) is 0 Å². The van der Waals surface area contributed by atoms with Crippen LogP contribution in [0.1, 0.15) is 31.2 Å². The van der Waals surface area contributed by atoms with E-state index >= 15 is 0 Å². The van der Waals surface area contributed by atoms with E-state index in [1.807, 2.05) is 0 Å². The Kier molecular flexibility index (Phi) is 3.76. The van der Waals surface area contributed by atoms with Crippen molar-refractivity contribution in [2.24, 2.45) is 11.1 Å². The molecule has 0 aliphatic heterocycles. The van der Waals surface area contributed by atoms with Gasteiger partial charge in [-0.05, 0) is 24.5 Å². The van der Waals surface area contributed by atoms with Crippen LogP contribution in [0.3, 0.4) is 0 Å². The van der Waals surface area contributed by atoms with E-state index in [9.17, 15) is 13.6 Å². The van der Waals surface area contributed by atoms with Gasteiger partial charge in [0.1, 0.15) is 5.78 Å². The molecule has 0 bridgehead atoms. The maximum atomic E-state index is 13.5. The molecule has 2 rings (SSSR count). The molecule has 0 radical (unpaired) electrons. The number of Topliss-reactive ketones (excluding diaryl/α,β-unsaturated/α-hetero) is 1. The average molecular weight is 253 g/mol. The minimum atomic E-state index is -0.920. The smallest absolute Gasteiger partial charge is 0.162 e. The van der Waals surface area contributed by atoms with Crippen LogP contribution in [0.15, 0.2) is 18.2 Å². The van der Waals surface area contributed by atoms with Crippen LogP contribution in [0.4, 0.5) is 8.78 Å². The topological polar surface area (TPSA) is 43.1 Å². The monoisotopic (exact) mass is 253 g/mol. The molecule has 18 heavy (non-hydrogen) atoms. The van der Waals surface area contributed by atoms with E-state index in [1.165, 1.54) is 12.1 Å². The van der Waals surface area contributed by atoms with Crippen molar-refractivity contribution in [2.75, 3.05) is 6.54 Å². The van der Waals surface area contributed by atoms with Crippen LogP contribution in [-0.2, 0) is 11.2 Å². The molecule has 0 heterocycles. The fraction of sp³-hybridized carbons (Fsp3) is 0.500. The van der Waals surface area contributed by atoms with Gasteiger partial charge in [-0.1, -0.05) is 25.0 Å². The van der Waals surface area contributed by atoms with Gasteiger partial charge in [0.15, 0.2) is 11.6 Å². The molecule has 0 unspecified atom stereocenters. The summed E-state index contributed by atoms with van der Waals surface area (Å²) >= 11 is 0. The van der Waals surface area contributed by atoms with Crippen molar-refractivity contribution < 1.29 is 13.6 Å². The zero-order valence-electron chi connectivity index (χ0n) is 10.2. The minimum absolute atomic E-state index is 0.0630. The molecule has 2 nitrogen and oxygen atoms in total. The molecule has 1 saturated carbocycles. The lowest BCUT2D eigenvalue weighted by Gasteiger charge is -2.25. The molecule has 0 spiro atoms. The maximum Gasteiger partial charge on any atom is 0.162 e. The summed E-state index contributed by atoms with van der Waals surface area (Å²) in [5, 5.41) is 0. The van der Waals surface area contributed by atoms with Crippen LogP contribution in [0, 0.1) is 17.0 Å². The predicted molar refractivity (Wildman–Crippen MR) is 65.0 cm³/mol. The first-order chi connectivity index (χ1) is 8.59. The molecule has 1 aliphatic carbocycles. The number of carbonyl (C=O) groups excluding carboxylic acids is 1. The second kappa shape index (κ2) is 5.14. The van der Waals surface area contributed by atoms with Crippen LogP contribution in [-0.4, -0.2) is 12.3 Å². The van der Waals surface area contributed by atoms with Crippen molar-refractivity contribution >= 4 is 5.78 Å². The third kappa shape index (κ3) is 2.29. The molecule has 0 saturated heterocycles. The van der Waals surface area contributed by atoms with Gasteiger partial charge in [-0.15, -0.1) is 0 Å². The highest BCUT2D eigenvalue weighted by Crippen LogP contribution is 2.38. The van der Waals surface area contributed by atoms with Gasteiger partial charge in [-0.25, -0.2) is 8.78 Å². The van der Waals surface area contributed by atoms with Gasteiger partial charge < -0.3 is 5.73 Å². The Labute approximate surface area is 105 Å². The molecule has 1 aromatic carbocycles. The van der Waals surface area contributed by atoms with Crippen molar-refractivity contribution in [2.45, 2.75) is 32.1 Å². The molecule has 1 aliphatic rings. The van der Waals surface area contributed by atoms with Gasteiger partial charge in [0.25, 0.3) is 0 Å². The third-order valence-electron chi connectivity index (χ3n) is 3.93. The zero-order chi connectivity index (χ0) is 13.2. The summed E-state index contributed by atoms with van der Waals surface area (Å²) in [5.74, 6) is -1.89. The van der Waals surface area contributed by atoms with Gasteiger partial charge in [0.05, 0.1) is 0 Å². The number of carbonyl (C=O) groups is 1. The summed E-state index contributed by atoms with van der Waals surface area (Å²) in [7, 11) is 0. The van der Waals surface area contributed by atoms with Gasteiger partial charge in [0, 0.05) is 18.4 Å². The van der Waals surface area contributed by atoms with Gasteiger partial charge >= 0.3 is 0 Å². The van der Waals surface area contributed by atoms with Crippen molar-refractivity contribution in [1.29, 1.82) is 0 Å². The molecule has 98 valence electrons. The summed E-state index contributed by atoms with van der Waals surface area (Å²) in [6.45, 7) is 0.294. The van der Waals surface area contributed by atoms with E-state index in [2.05, 4.69) is 0 Å². The quantitative estimate of drug-likeness (QED) is 0.896. The molecule has 2 N–H and O–H groups in total. The minimum Gasteiger partial charge on any atom is -0.329 e. The van der Waals surface area contributed by atoms with E-state index in [1.54, 1.807) is 0 Å². The summed E-state index contributed by atoms with van der Waals surface area (Å²) in [6, 6.07) is 3.93. The standard InChI is InChI=1S/C14H17F2NO/c15-11-5-3-4-10(13(11)16)8-12(18)14(9-17)6-1-2-7-14/h3-5H,1-2,6-9,17H2. The number of rotatable bonds is 4. The highest BCUT2D eigenvalue weighted by molar-refractivity contribution is 5.87. The highest BCUT2D eigenvalue weighted by Gasteiger charge is 2.39. The third-order valence-corrected chi connectivity index (χ3v) is 3.93. The first kappa shape index (κ1) is 13.1. The van der Waals surface area contributed by atoms with Crippen LogP contribution in [0.2, 0.25) is 0 Å².